The molecule has 3 N–H and O–H groups in total. The Hall–Kier alpha value is -3.49. The highest BCUT2D eigenvalue weighted by atomic mass is 19.1. The number of rotatable bonds is 5. The monoisotopic (exact) mass is 371 g/mol. The maximum atomic E-state index is 13.1. The minimum Gasteiger partial charge on any atom is -0.341 e. The lowest BCUT2D eigenvalue weighted by molar-refractivity contribution is -0.129. The molecule has 1 amide bonds. The van der Waals surface area contributed by atoms with E-state index in [2.05, 4.69) is 20.2 Å². The second-order valence-electron chi connectivity index (χ2n) is 6.22. The van der Waals surface area contributed by atoms with E-state index in [0.29, 0.717) is 11.4 Å². The molecule has 3 aromatic rings. The normalized spacial score (nSPS) is 10.8. The molecule has 2 heterocycles. The summed E-state index contributed by atoms with van der Waals surface area (Å²) in [5.41, 5.74) is 1.59. The topological polar surface area (TPSA) is 115 Å². The van der Waals surface area contributed by atoms with Crippen molar-refractivity contribution in [3.8, 4) is 11.3 Å². The molecule has 0 saturated heterocycles. The first-order valence-electron chi connectivity index (χ1n) is 8.19. The van der Waals surface area contributed by atoms with E-state index < -0.39 is 11.2 Å². The van der Waals surface area contributed by atoms with Crippen LogP contribution in [0.2, 0.25) is 0 Å². The van der Waals surface area contributed by atoms with Gasteiger partial charge in [-0.05, 0) is 31.2 Å². The third-order valence-corrected chi connectivity index (χ3v) is 4.27. The largest absolute Gasteiger partial charge is 0.341 e. The lowest BCUT2D eigenvalue weighted by Gasteiger charge is -2.17. The summed E-state index contributed by atoms with van der Waals surface area (Å²) in [5.74, 6) is -0.629. The van der Waals surface area contributed by atoms with Gasteiger partial charge in [0.15, 0.2) is 0 Å². The van der Waals surface area contributed by atoms with Crippen LogP contribution in [0.25, 0.3) is 11.3 Å². The van der Waals surface area contributed by atoms with Crippen molar-refractivity contribution in [1.29, 1.82) is 0 Å². The lowest BCUT2D eigenvalue weighted by atomic mass is 10.1. The highest BCUT2D eigenvalue weighted by Gasteiger charge is 2.17. The third-order valence-electron chi connectivity index (χ3n) is 4.27. The van der Waals surface area contributed by atoms with Crippen LogP contribution in [0, 0.1) is 12.7 Å². The number of hydrogen-bond acceptors (Lipinski definition) is 4. The van der Waals surface area contributed by atoms with Crippen molar-refractivity contribution in [1.82, 2.24) is 25.1 Å². The number of nitrogens with zero attached hydrogens (tertiary/aromatic N) is 2. The Morgan fingerprint density at radius 2 is 1.89 bits per heavy atom. The number of hydrogen-bond donors (Lipinski definition) is 3. The molecule has 8 nitrogen and oxygen atoms in total. The molecule has 0 bridgehead atoms. The van der Waals surface area contributed by atoms with Gasteiger partial charge in [0.1, 0.15) is 5.82 Å². The Kier molecular flexibility index (Phi) is 5.02. The molecule has 0 saturated carbocycles. The predicted octanol–water partition coefficient (Wildman–Crippen LogP) is 1.10. The van der Waals surface area contributed by atoms with Gasteiger partial charge in [-0.15, -0.1) is 0 Å². The molecule has 0 aliphatic rings. The van der Waals surface area contributed by atoms with Gasteiger partial charge >= 0.3 is 5.69 Å². The maximum Gasteiger partial charge on any atom is 0.325 e. The quantitative estimate of drug-likeness (QED) is 0.623. The highest BCUT2D eigenvalue weighted by molar-refractivity contribution is 5.79. The molecule has 9 heteroatoms. The summed E-state index contributed by atoms with van der Waals surface area (Å²) in [5, 5.41) is 6.86. The number of H-pyrrole nitrogens is 3. The average molecular weight is 371 g/mol. The van der Waals surface area contributed by atoms with E-state index in [9.17, 15) is 18.8 Å². The zero-order valence-electron chi connectivity index (χ0n) is 14.8. The van der Waals surface area contributed by atoms with E-state index >= 15 is 0 Å². The molecule has 0 aliphatic carbocycles. The molecule has 0 unspecified atom stereocenters. The zero-order valence-corrected chi connectivity index (χ0v) is 14.8. The summed E-state index contributed by atoms with van der Waals surface area (Å²) in [7, 11) is 1.61. The lowest BCUT2D eigenvalue weighted by Crippen LogP contribution is -2.33. The molecular formula is C18H18FN5O3. The van der Waals surface area contributed by atoms with Gasteiger partial charge in [0, 0.05) is 36.0 Å². The SMILES string of the molecule is Cc1[nH]c(=O)[nH]c(=O)c1CC(=O)N(C)Cc1cn[nH]c1-c1ccc(F)cc1. The second kappa shape index (κ2) is 7.40. The molecule has 0 radical (unpaired) electrons. The summed E-state index contributed by atoms with van der Waals surface area (Å²) >= 11 is 0. The summed E-state index contributed by atoms with van der Waals surface area (Å²) < 4.78 is 13.1. The summed E-state index contributed by atoms with van der Waals surface area (Å²) in [6.45, 7) is 1.82. The van der Waals surface area contributed by atoms with E-state index in [1.165, 1.54) is 17.0 Å². The first kappa shape index (κ1) is 18.3. The number of aromatic nitrogens is 4. The number of likely N-dealkylation sites (N-methyl/N-ethyl adjacent to an activating group) is 1. The minimum atomic E-state index is -0.607. The van der Waals surface area contributed by atoms with Crippen LogP contribution in [0.1, 0.15) is 16.8 Å². The molecule has 140 valence electrons. The third kappa shape index (κ3) is 4.02. The van der Waals surface area contributed by atoms with Gasteiger partial charge in [0.2, 0.25) is 5.91 Å². The fourth-order valence-corrected chi connectivity index (χ4v) is 2.77. The molecule has 0 aliphatic heterocycles. The minimum absolute atomic E-state index is 0.141. The summed E-state index contributed by atoms with van der Waals surface area (Å²) in [6.07, 6.45) is 1.46. The summed E-state index contributed by atoms with van der Waals surface area (Å²) in [6, 6.07) is 5.94. The fourth-order valence-electron chi connectivity index (χ4n) is 2.77. The van der Waals surface area contributed by atoms with Gasteiger partial charge in [-0.2, -0.15) is 5.10 Å². The van der Waals surface area contributed by atoms with Crippen molar-refractivity contribution in [2.24, 2.45) is 0 Å². The zero-order chi connectivity index (χ0) is 19.6. The molecule has 0 spiro atoms. The number of carbonyl (C=O) groups is 1. The summed E-state index contributed by atoms with van der Waals surface area (Å²) in [4.78, 5) is 41.7. The van der Waals surface area contributed by atoms with Crippen LogP contribution in [-0.4, -0.2) is 38.0 Å². The maximum absolute atomic E-state index is 13.1. The molecule has 0 fully saturated rings. The number of aromatic amines is 3. The smallest absolute Gasteiger partial charge is 0.325 e. The van der Waals surface area contributed by atoms with Gasteiger partial charge in [0.05, 0.1) is 18.3 Å². The number of carbonyl (C=O) groups excluding carboxylic acids is 1. The predicted molar refractivity (Wildman–Crippen MR) is 96.6 cm³/mol. The molecular weight excluding hydrogens is 353 g/mol. The molecule has 27 heavy (non-hydrogen) atoms. The average Bonchev–Trinajstić information content (AvgIpc) is 3.06. The van der Waals surface area contributed by atoms with Crippen molar-refractivity contribution in [3.05, 3.63) is 73.9 Å². The highest BCUT2D eigenvalue weighted by Crippen LogP contribution is 2.22. The van der Waals surface area contributed by atoms with Crippen molar-refractivity contribution in [3.63, 3.8) is 0 Å². The number of benzene rings is 1. The van der Waals surface area contributed by atoms with Crippen LogP contribution < -0.4 is 11.2 Å². The van der Waals surface area contributed by atoms with E-state index in [-0.39, 0.29) is 30.3 Å². The fraction of sp³-hybridized carbons (Fsp3) is 0.222. The Balaban J connectivity index is 1.77. The first-order chi connectivity index (χ1) is 12.8. The van der Waals surface area contributed by atoms with Crippen molar-refractivity contribution in [2.75, 3.05) is 7.05 Å². The van der Waals surface area contributed by atoms with Gasteiger partial charge in [-0.1, -0.05) is 0 Å². The molecule has 2 aromatic heterocycles. The number of amides is 1. The number of nitrogens with one attached hydrogen (secondary N) is 3. The van der Waals surface area contributed by atoms with Gasteiger partial charge < -0.3 is 9.88 Å². The Morgan fingerprint density at radius 1 is 1.19 bits per heavy atom. The van der Waals surface area contributed by atoms with E-state index in [0.717, 1.165) is 11.1 Å². The van der Waals surface area contributed by atoms with Gasteiger partial charge in [-0.3, -0.25) is 19.7 Å². The Bertz CT molecular complexity index is 1080. The van der Waals surface area contributed by atoms with E-state index in [4.69, 9.17) is 0 Å². The van der Waals surface area contributed by atoms with Gasteiger partial charge in [0.25, 0.3) is 5.56 Å². The molecule has 1 aromatic carbocycles. The van der Waals surface area contributed by atoms with Crippen LogP contribution in [0.5, 0.6) is 0 Å². The van der Waals surface area contributed by atoms with Crippen LogP contribution in [0.15, 0.2) is 40.1 Å². The van der Waals surface area contributed by atoms with Crippen LogP contribution in [0.3, 0.4) is 0 Å². The Labute approximate surface area is 153 Å². The molecule has 0 atom stereocenters. The second-order valence-corrected chi connectivity index (χ2v) is 6.22. The standard InChI is InChI=1S/C18H18FN5O3/c1-10-14(17(26)22-18(27)21-10)7-15(25)24(2)9-12-8-20-23-16(12)11-3-5-13(19)6-4-11/h3-6,8H,7,9H2,1-2H3,(H,20,23)(H2,21,22,26,27). The van der Waals surface area contributed by atoms with Crippen molar-refractivity contribution in [2.45, 2.75) is 19.9 Å². The van der Waals surface area contributed by atoms with Crippen molar-refractivity contribution >= 4 is 5.91 Å². The van der Waals surface area contributed by atoms with E-state index in [1.54, 1.807) is 32.3 Å². The molecule has 3 rings (SSSR count). The Morgan fingerprint density at radius 3 is 2.56 bits per heavy atom. The van der Waals surface area contributed by atoms with Crippen LogP contribution in [0.4, 0.5) is 4.39 Å². The van der Waals surface area contributed by atoms with Crippen LogP contribution >= 0.6 is 0 Å². The number of halogens is 1. The van der Waals surface area contributed by atoms with Crippen LogP contribution in [-0.2, 0) is 17.8 Å². The first-order valence-corrected chi connectivity index (χ1v) is 8.19. The van der Waals surface area contributed by atoms with Crippen molar-refractivity contribution < 1.29 is 9.18 Å². The van der Waals surface area contributed by atoms with E-state index in [1.807, 2.05) is 0 Å². The number of aryl methyl sites for hydroxylation is 1. The van der Waals surface area contributed by atoms with Gasteiger partial charge in [-0.25, -0.2) is 9.18 Å².